The van der Waals surface area contributed by atoms with Crippen LogP contribution in [0.2, 0.25) is 0 Å². The van der Waals surface area contributed by atoms with Gasteiger partial charge in [0.25, 0.3) is 0 Å². The fourth-order valence-corrected chi connectivity index (χ4v) is 2.65. The van der Waals surface area contributed by atoms with E-state index in [-0.39, 0.29) is 19.7 Å². The number of rotatable bonds is 7. The van der Waals surface area contributed by atoms with Gasteiger partial charge in [0.2, 0.25) is 0 Å². The first-order valence-corrected chi connectivity index (χ1v) is 7.79. The highest BCUT2D eigenvalue weighted by Gasteiger charge is 2.30. The molecule has 0 aromatic heterocycles. The first-order valence-electron chi connectivity index (χ1n) is 7.79. The van der Waals surface area contributed by atoms with Gasteiger partial charge < -0.3 is 14.7 Å². The average molecular weight is 332 g/mol. The molecule has 23 heavy (non-hydrogen) atoms. The Morgan fingerprint density at radius 1 is 1.13 bits per heavy atom. The van der Waals surface area contributed by atoms with Crippen LogP contribution in [0, 0.1) is 0 Å². The number of alkyl halides is 3. The van der Waals surface area contributed by atoms with Crippen molar-refractivity contribution in [2.24, 2.45) is 0 Å². The molecule has 1 saturated heterocycles. The van der Waals surface area contributed by atoms with Crippen molar-refractivity contribution in [1.29, 1.82) is 0 Å². The summed E-state index contributed by atoms with van der Waals surface area (Å²) in [4.78, 5) is 3.52. The zero-order chi connectivity index (χ0) is 16.7. The van der Waals surface area contributed by atoms with Crippen molar-refractivity contribution in [2.45, 2.75) is 19.1 Å². The summed E-state index contributed by atoms with van der Waals surface area (Å²) in [7, 11) is 0. The van der Waals surface area contributed by atoms with Crippen molar-refractivity contribution in [3.8, 4) is 0 Å². The van der Waals surface area contributed by atoms with E-state index in [0.29, 0.717) is 19.6 Å². The molecular weight excluding hydrogens is 309 g/mol. The van der Waals surface area contributed by atoms with E-state index in [2.05, 4.69) is 4.90 Å². The molecule has 7 heteroatoms. The molecule has 1 N–H and O–H groups in total. The van der Waals surface area contributed by atoms with Crippen LogP contribution in [0.3, 0.4) is 0 Å². The fourth-order valence-electron chi connectivity index (χ4n) is 2.65. The van der Waals surface area contributed by atoms with Gasteiger partial charge in [-0.15, -0.1) is 0 Å². The largest absolute Gasteiger partial charge is 0.401 e. The Hall–Kier alpha value is -1.31. The Balaban J connectivity index is 1.95. The van der Waals surface area contributed by atoms with Crippen LogP contribution in [0.15, 0.2) is 24.3 Å². The standard InChI is InChI=1S/C16H23F3N2O2/c17-16(18,19)13-20(6-1-9-22)12-14-2-4-15(5-3-14)21-7-10-23-11-8-21/h2-5,22H,1,6-13H2. The Kier molecular flexibility index (Phi) is 6.68. The summed E-state index contributed by atoms with van der Waals surface area (Å²) in [6.07, 6.45) is -3.90. The van der Waals surface area contributed by atoms with Crippen LogP contribution in [0.4, 0.5) is 18.9 Å². The molecule has 130 valence electrons. The summed E-state index contributed by atoms with van der Waals surface area (Å²) in [5, 5.41) is 8.84. The summed E-state index contributed by atoms with van der Waals surface area (Å²) in [6, 6.07) is 7.62. The lowest BCUT2D eigenvalue weighted by molar-refractivity contribution is -0.147. The number of hydrogen-bond donors (Lipinski definition) is 1. The molecule has 0 atom stereocenters. The maximum atomic E-state index is 12.6. The molecule has 1 aromatic rings. The fraction of sp³-hybridized carbons (Fsp3) is 0.625. The van der Waals surface area contributed by atoms with Gasteiger partial charge in [0.1, 0.15) is 0 Å². The number of aliphatic hydroxyl groups excluding tert-OH is 1. The number of ether oxygens (including phenoxy) is 1. The number of nitrogens with zero attached hydrogens (tertiary/aromatic N) is 2. The SMILES string of the molecule is OCCCN(Cc1ccc(N2CCOCC2)cc1)CC(F)(F)F. The molecule has 0 amide bonds. The van der Waals surface area contributed by atoms with Gasteiger partial charge in [0.05, 0.1) is 19.8 Å². The minimum Gasteiger partial charge on any atom is -0.396 e. The smallest absolute Gasteiger partial charge is 0.396 e. The third-order valence-electron chi connectivity index (χ3n) is 3.75. The lowest BCUT2D eigenvalue weighted by Gasteiger charge is -2.29. The van der Waals surface area contributed by atoms with Crippen LogP contribution in [0.1, 0.15) is 12.0 Å². The Bertz CT molecular complexity index is 459. The van der Waals surface area contributed by atoms with Crippen LogP contribution in [0.25, 0.3) is 0 Å². The van der Waals surface area contributed by atoms with Crippen LogP contribution >= 0.6 is 0 Å². The van der Waals surface area contributed by atoms with Gasteiger partial charge in [0.15, 0.2) is 0 Å². The molecule has 0 unspecified atom stereocenters. The van der Waals surface area contributed by atoms with Crippen LogP contribution in [-0.4, -0.2) is 62.2 Å². The third kappa shape index (κ3) is 6.37. The van der Waals surface area contributed by atoms with E-state index in [1.54, 1.807) is 0 Å². The molecule has 4 nitrogen and oxygen atoms in total. The van der Waals surface area contributed by atoms with E-state index in [1.807, 2.05) is 24.3 Å². The minimum atomic E-state index is -4.23. The van der Waals surface area contributed by atoms with Crippen molar-refractivity contribution in [3.05, 3.63) is 29.8 Å². The van der Waals surface area contributed by atoms with E-state index in [4.69, 9.17) is 9.84 Å². The van der Waals surface area contributed by atoms with E-state index in [1.165, 1.54) is 4.90 Å². The lowest BCUT2D eigenvalue weighted by Crippen LogP contribution is -2.36. The number of hydrogen-bond acceptors (Lipinski definition) is 4. The Morgan fingerprint density at radius 3 is 2.35 bits per heavy atom. The van der Waals surface area contributed by atoms with Crippen molar-refractivity contribution in [1.82, 2.24) is 4.90 Å². The highest BCUT2D eigenvalue weighted by Crippen LogP contribution is 2.20. The molecule has 0 aliphatic carbocycles. The molecule has 0 radical (unpaired) electrons. The predicted octanol–water partition coefficient (Wildman–Crippen LogP) is 2.27. The summed E-state index contributed by atoms with van der Waals surface area (Å²) >= 11 is 0. The summed E-state index contributed by atoms with van der Waals surface area (Å²) in [5.74, 6) is 0. The number of halogens is 3. The van der Waals surface area contributed by atoms with Gasteiger partial charge in [0, 0.05) is 38.5 Å². The third-order valence-corrected chi connectivity index (χ3v) is 3.75. The molecule has 0 saturated carbocycles. The van der Waals surface area contributed by atoms with Crippen LogP contribution < -0.4 is 4.90 Å². The molecule has 1 fully saturated rings. The minimum absolute atomic E-state index is 0.107. The highest BCUT2D eigenvalue weighted by molar-refractivity contribution is 5.47. The molecule has 1 aromatic carbocycles. The van der Waals surface area contributed by atoms with E-state index >= 15 is 0 Å². The predicted molar refractivity (Wildman–Crippen MR) is 82.5 cm³/mol. The summed E-state index contributed by atoms with van der Waals surface area (Å²) < 4.78 is 43.2. The second-order valence-electron chi connectivity index (χ2n) is 5.67. The Morgan fingerprint density at radius 2 is 1.78 bits per heavy atom. The summed E-state index contributed by atoms with van der Waals surface area (Å²) in [5.41, 5.74) is 1.90. The average Bonchev–Trinajstić information content (AvgIpc) is 2.53. The monoisotopic (exact) mass is 332 g/mol. The topological polar surface area (TPSA) is 35.9 Å². The van der Waals surface area contributed by atoms with Crippen molar-refractivity contribution in [3.63, 3.8) is 0 Å². The molecule has 2 rings (SSSR count). The molecule has 0 spiro atoms. The second-order valence-corrected chi connectivity index (χ2v) is 5.67. The lowest BCUT2D eigenvalue weighted by atomic mass is 10.1. The first-order chi connectivity index (χ1) is 11.0. The van der Waals surface area contributed by atoms with E-state index in [9.17, 15) is 13.2 Å². The van der Waals surface area contributed by atoms with E-state index < -0.39 is 12.7 Å². The first kappa shape index (κ1) is 18.0. The molecule has 1 aliphatic heterocycles. The molecule has 1 heterocycles. The van der Waals surface area contributed by atoms with Crippen LogP contribution in [-0.2, 0) is 11.3 Å². The van der Waals surface area contributed by atoms with Gasteiger partial charge in [-0.3, -0.25) is 4.90 Å². The highest BCUT2D eigenvalue weighted by atomic mass is 19.4. The Labute approximate surface area is 134 Å². The maximum Gasteiger partial charge on any atom is 0.401 e. The number of aliphatic hydroxyl groups is 1. The van der Waals surface area contributed by atoms with Gasteiger partial charge in [-0.2, -0.15) is 13.2 Å². The van der Waals surface area contributed by atoms with Gasteiger partial charge >= 0.3 is 6.18 Å². The second kappa shape index (κ2) is 8.52. The zero-order valence-corrected chi connectivity index (χ0v) is 13.1. The maximum absolute atomic E-state index is 12.6. The molecule has 0 bridgehead atoms. The van der Waals surface area contributed by atoms with Crippen molar-refractivity contribution < 1.29 is 23.0 Å². The zero-order valence-electron chi connectivity index (χ0n) is 13.1. The van der Waals surface area contributed by atoms with Crippen molar-refractivity contribution in [2.75, 3.05) is 50.9 Å². The van der Waals surface area contributed by atoms with E-state index in [0.717, 1.165) is 24.3 Å². The van der Waals surface area contributed by atoms with Gasteiger partial charge in [-0.05, 0) is 24.1 Å². The normalized spacial score (nSPS) is 16.1. The van der Waals surface area contributed by atoms with Crippen molar-refractivity contribution >= 4 is 5.69 Å². The number of anilines is 1. The number of benzene rings is 1. The quantitative estimate of drug-likeness (QED) is 0.831. The van der Waals surface area contributed by atoms with Gasteiger partial charge in [-0.25, -0.2) is 0 Å². The summed E-state index contributed by atoms with van der Waals surface area (Å²) in [6.45, 7) is 2.43. The number of morpholine rings is 1. The van der Waals surface area contributed by atoms with Crippen LogP contribution in [0.5, 0.6) is 0 Å². The molecule has 1 aliphatic rings. The molecular formula is C16H23F3N2O2. The van der Waals surface area contributed by atoms with Gasteiger partial charge in [-0.1, -0.05) is 12.1 Å².